The second-order valence-corrected chi connectivity index (χ2v) is 6.33. The Morgan fingerprint density at radius 3 is 2.73 bits per heavy atom. The van der Waals surface area contributed by atoms with Crippen molar-refractivity contribution >= 4 is 28.8 Å². The normalized spacial score (nSPS) is 13.4. The highest BCUT2D eigenvalue weighted by Crippen LogP contribution is 2.30. The SMILES string of the molecule is C=C1c2ccccc2C(=O)N1CC(=O)NCc1cnc(C)s1. The zero-order chi connectivity index (χ0) is 15.7. The van der Waals surface area contributed by atoms with E-state index in [9.17, 15) is 9.59 Å². The van der Waals surface area contributed by atoms with Gasteiger partial charge in [0.25, 0.3) is 5.91 Å². The van der Waals surface area contributed by atoms with Gasteiger partial charge in [0.2, 0.25) is 5.91 Å². The quantitative estimate of drug-likeness (QED) is 0.941. The molecule has 2 aromatic rings. The van der Waals surface area contributed by atoms with Crippen molar-refractivity contribution in [1.29, 1.82) is 0 Å². The smallest absolute Gasteiger partial charge is 0.259 e. The minimum absolute atomic E-state index is 0.0237. The fourth-order valence-electron chi connectivity index (χ4n) is 2.37. The van der Waals surface area contributed by atoms with Crippen LogP contribution in [0.1, 0.15) is 25.8 Å². The van der Waals surface area contributed by atoms with Crippen LogP contribution in [0.4, 0.5) is 0 Å². The maximum Gasteiger partial charge on any atom is 0.259 e. The van der Waals surface area contributed by atoms with E-state index >= 15 is 0 Å². The second-order valence-electron chi connectivity index (χ2n) is 5.01. The number of benzene rings is 1. The average molecular weight is 313 g/mol. The van der Waals surface area contributed by atoms with Crippen molar-refractivity contribution in [3.05, 3.63) is 58.1 Å². The van der Waals surface area contributed by atoms with Crippen molar-refractivity contribution < 1.29 is 9.59 Å². The number of carbonyl (C=O) groups excluding carboxylic acids is 2. The first-order valence-electron chi connectivity index (χ1n) is 6.84. The van der Waals surface area contributed by atoms with Crippen LogP contribution >= 0.6 is 11.3 Å². The molecular formula is C16H15N3O2S. The maximum atomic E-state index is 12.3. The van der Waals surface area contributed by atoms with Gasteiger partial charge in [-0.3, -0.25) is 14.5 Å². The Bertz CT molecular complexity index is 731. The zero-order valence-corrected chi connectivity index (χ0v) is 12.9. The van der Waals surface area contributed by atoms with Crippen molar-refractivity contribution in [2.24, 2.45) is 0 Å². The van der Waals surface area contributed by atoms with Crippen molar-refractivity contribution in [2.45, 2.75) is 13.5 Å². The summed E-state index contributed by atoms with van der Waals surface area (Å²) in [6, 6.07) is 7.25. The van der Waals surface area contributed by atoms with Crippen LogP contribution in [0.2, 0.25) is 0 Å². The molecule has 2 amide bonds. The van der Waals surface area contributed by atoms with Crippen LogP contribution in [0.25, 0.3) is 5.70 Å². The predicted molar refractivity (Wildman–Crippen MR) is 85.2 cm³/mol. The molecule has 0 bridgehead atoms. The lowest BCUT2D eigenvalue weighted by atomic mass is 10.1. The van der Waals surface area contributed by atoms with Gasteiger partial charge in [-0.25, -0.2) is 4.98 Å². The van der Waals surface area contributed by atoms with Gasteiger partial charge < -0.3 is 5.32 Å². The molecule has 0 radical (unpaired) electrons. The van der Waals surface area contributed by atoms with Crippen LogP contribution in [0, 0.1) is 6.92 Å². The summed E-state index contributed by atoms with van der Waals surface area (Å²) in [5.41, 5.74) is 1.96. The summed E-state index contributed by atoms with van der Waals surface area (Å²) in [5.74, 6) is -0.391. The van der Waals surface area contributed by atoms with E-state index in [1.807, 2.05) is 19.1 Å². The minimum Gasteiger partial charge on any atom is -0.350 e. The maximum absolute atomic E-state index is 12.3. The molecule has 0 unspecified atom stereocenters. The zero-order valence-electron chi connectivity index (χ0n) is 12.1. The first-order valence-corrected chi connectivity index (χ1v) is 7.66. The highest BCUT2D eigenvalue weighted by molar-refractivity contribution is 7.11. The van der Waals surface area contributed by atoms with Crippen molar-refractivity contribution in [3.63, 3.8) is 0 Å². The number of aromatic nitrogens is 1. The van der Waals surface area contributed by atoms with E-state index in [1.54, 1.807) is 18.3 Å². The predicted octanol–water partition coefficient (Wildman–Crippen LogP) is 2.19. The van der Waals surface area contributed by atoms with Crippen LogP contribution in [0.15, 0.2) is 37.0 Å². The lowest BCUT2D eigenvalue weighted by Gasteiger charge is -2.16. The third-order valence-electron chi connectivity index (χ3n) is 3.47. The fourth-order valence-corrected chi connectivity index (χ4v) is 3.11. The first kappa shape index (κ1) is 14.5. The van der Waals surface area contributed by atoms with Crippen molar-refractivity contribution in [2.75, 3.05) is 6.54 Å². The number of nitrogens with zero attached hydrogens (tertiary/aromatic N) is 2. The fraction of sp³-hybridized carbons (Fsp3) is 0.188. The standard InChI is InChI=1S/C16H15N3O2S/c1-10-13-5-3-4-6-14(13)16(21)19(10)9-15(20)18-8-12-7-17-11(2)22-12/h3-7H,1,8-9H2,2H3,(H,18,20). The molecule has 1 aliphatic heterocycles. The first-order chi connectivity index (χ1) is 10.6. The van der Waals surface area contributed by atoms with Gasteiger partial charge in [-0.1, -0.05) is 24.8 Å². The topological polar surface area (TPSA) is 62.3 Å². The lowest BCUT2D eigenvalue weighted by molar-refractivity contribution is -0.121. The Hall–Kier alpha value is -2.47. The molecule has 0 spiro atoms. The highest BCUT2D eigenvalue weighted by Gasteiger charge is 2.31. The molecule has 1 aromatic carbocycles. The van der Waals surface area contributed by atoms with Gasteiger partial charge in [0, 0.05) is 27.9 Å². The summed E-state index contributed by atoms with van der Waals surface area (Å²) in [6.07, 6.45) is 1.75. The summed E-state index contributed by atoms with van der Waals surface area (Å²) < 4.78 is 0. The van der Waals surface area contributed by atoms with Gasteiger partial charge >= 0.3 is 0 Å². The van der Waals surface area contributed by atoms with Crippen LogP contribution in [-0.4, -0.2) is 28.2 Å². The summed E-state index contributed by atoms with van der Waals surface area (Å²) in [5, 5.41) is 3.76. The Balaban J connectivity index is 1.63. The van der Waals surface area contributed by atoms with Gasteiger partial charge in [0.1, 0.15) is 6.54 Å². The molecule has 1 aromatic heterocycles. The van der Waals surface area contributed by atoms with Gasteiger partial charge in [0.05, 0.1) is 11.6 Å². The highest BCUT2D eigenvalue weighted by atomic mass is 32.1. The number of thiazole rings is 1. The number of nitrogens with one attached hydrogen (secondary N) is 1. The molecular weight excluding hydrogens is 298 g/mol. The summed E-state index contributed by atoms with van der Waals surface area (Å²) in [7, 11) is 0. The molecule has 1 aliphatic rings. The molecule has 6 heteroatoms. The molecule has 0 fully saturated rings. The third-order valence-corrected chi connectivity index (χ3v) is 4.38. The summed E-state index contributed by atoms with van der Waals surface area (Å²) in [6.45, 7) is 6.23. The van der Waals surface area contributed by atoms with Crippen LogP contribution < -0.4 is 5.32 Å². The summed E-state index contributed by atoms with van der Waals surface area (Å²) in [4.78, 5) is 30.9. The molecule has 0 atom stereocenters. The molecule has 0 aliphatic carbocycles. The Labute approximate surface area is 132 Å². The molecule has 0 saturated heterocycles. The van der Waals surface area contributed by atoms with Crippen LogP contribution in [0.3, 0.4) is 0 Å². The van der Waals surface area contributed by atoms with Gasteiger partial charge in [-0.2, -0.15) is 0 Å². The van der Waals surface area contributed by atoms with E-state index in [4.69, 9.17) is 0 Å². The van der Waals surface area contributed by atoms with Gasteiger partial charge in [-0.05, 0) is 13.0 Å². The molecule has 3 rings (SSSR count). The van der Waals surface area contributed by atoms with E-state index < -0.39 is 0 Å². The van der Waals surface area contributed by atoms with E-state index in [0.717, 1.165) is 15.4 Å². The molecule has 112 valence electrons. The number of fused-ring (bicyclic) bond motifs is 1. The molecule has 22 heavy (non-hydrogen) atoms. The van der Waals surface area contributed by atoms with E-state index in [-0.39, 0.29) is 18.4 Å². The van der Waals surface area contributed by atoms with Gasteiger partial charge in [0.15, 0.2) is 0 Å². The van der Waals surface area contributed by atoms with E-state index in [1.165, 1.54) is 16.2 Å². The number of carbonyl (C=O) groups is 2. The van der Waals surface area contributed by atoms with E-state index in [0.29, 0.717) is 17.8 Å². The molecule has 2 heterocycles. The van der Waals surface area contributed by atoms with Crippen molar-refractivity contribution in [1.82, 2.24) is 15.2 Å². The summed E-state index contributed by atoms with van der Waals surface area (Å²) >= 11 is 1.54. The largest absolute Gasteiger partial charge is 0.350 e. The van der Waals surface area contributed by atoms with Crippen molar-refractivity contribution in [3.8, 4) is 0 Å². The average Bonchev–Trinajstić information content (AvgIpc) is 3.03. The minimum atomic E-state index is -0.214. The lowest BCUT2D eigenvalue weighted by Crippen LogP contribution is -2.36. The third kappa shape index (κ3) is 2.65. The number of aryl methyl sites for hydroxylation is 1. The van der Waals surface area contributed by atoms with Crippen LogP contribution in [-0.2, 0) is 11.3 Å². The Kier molecular flexibility index (Phi) is 3.77. The monoisotopic (exact) mass is 313 g/mol. The number of hydrogen-bond donors (Lipinski definition) is 1. The van der Waals surface area contributed by atoms with E-state index in [2.05, 4.69) is 16.9 Å². The molecule has 1 N–H and O–H groups in total. The molecule has 0 saturated carbocycles. The molecule has 5 nitrogen and oxygen atoms in total. The van der Waals surface area contributed by atoms with Gasteiger partial charge in [-0.15, -0.1) is 11.3 Å². The van der Waals surface area contributed by atoms with Crippen LogP contribution in [0.5, 0.6) is 0 Å². The number of rotatable bonds is 4. The Morgan fingerprint density at radius 1 is 1.36 bits per heavy atom. The Morgan fingerprint density at radius 2 is 2.09 bits per heavy atom. The number of hydrogen-bond acceptors (Lipinski definition) is 4. The second kappa shape index (κ2) is 5.73. The number of amides is 2.